The minimum absolute atomic E-state index is 0.0132. The van der Waals surface area contributed by atoms with Crippen LogP contribution in [0.1, 0.15) is 13.0 Å². The fourth-order valence-electron chi connectivity index (χ4n) is 2.91. The first-order valence-corrected chi connectivity index (χ1v) is 8.89. The van der Waals surface area contributed by atoms with E-state index in [0.29, 0.717) is 23.4 Å². The number of halogens is 2. The maximum absolute atomic E-state index is 14.3. The number of nitrogens with two attached hydrogens (primary N) is 1. The largest absolute Gasteiger partial charge is 0.383 e. The summed E-state index contributed by atoms with van der Waals surface area (Å²) >= 11 is 0. The van der Waals surface area contributed by atoms with Gasteiger partial charge in [0.2, 0.25) is 0 Å². The molecule has 0 spiro atoms. The Morgan fingerprint density at radius 3 is 2.83 bits per heavy atom. The van der Waals surface area contributed by atoms with E-state index in [1.807, 2.05) is 6.92 Å². The Bertz CT molecular complexity index is 1190. The standard InChI is InChI=1S/C18H17F2N9O/c1-10(9-30-2)28-8-14(23-26-28)11-6-12(17(21)22-7-11)18-24-25-27-29(18)15-5-3-4-13(19)16(15)20/h3-8,10H,9H2,1-2H3,(H2,21,22)/t10-/m0/s1. The highest BCUT2D eigenvalue weighted by Gasteiger charge is 2.20. The Morgan fingerprint density at radius 2 is 2.03 bits per heavy atom. The molecule has 2 N–H and O–H groups in total. The van der Waals surface area contributed by atoms with Crippen LogP contribution in [0.15, 0.2) is 36.7 Å². The zero-order valence-corrected chi connectivity index (χ0v) is 16.1. The van der Waals surface area contributed by atoms with Crippen LogP contribution < -0.4 is 5.73 Å². The lowest BCUT2D eigenvalue weighted by Gasteiger charge is -2.09. The van der Waals surface area contributed by atoms with Crippen LogP contribution in [0.3, 0.4) is 0 Å². The highest BCUT2D eigenvalue weighted by Crippen LogP contribution is 2.29. The summed E-state index contributed by atoms with van der Waals surface area (Å²) in [6.45, 7) is 2.41. The van der Waals surface area contributed by atoms with Crippen LogP contribution in [0, 0.1) is 11.6 Å². The Morgan fingerprint density at radius 1 is 1.20 bits per heavy atom. The molecule has 12 heteroatoms. The molecule has 4 rings (SSSR count). The summed E-state index contributed by atoms with van der Waals surface area (Å²) in [6, 6.07) is 5.37. The highest BCUT2D eigenvalue weighted by molar-refractivity contribution is 5.75. The Hall–Kier alpha value is -3.80. The van der Waals surface area contributed by atoms with Gasteiger partial charge in [-0.3, -0.25) is 0 Å². The van der Waals surface area contributed by atoms with Gasteiger partial charge in [0, 0.05) is 18.9 Å². The van der Waals surface area contributed by atoms with Crippen molar-refractivity contribution in [2.45, 2.75) is 13.0 Å². The molecule has 1 atom stereocenters. The lowest BCUT2D eigenvalue weighted by Crippen LogP contribution is -2.11. The third-order valence-electron chi connectivity index (χ3n) is 4.45. The third-order valence-corrected chi connectivity index (χ3v) is 4.45. The van der Waals surface area contributed by atoms with E-state index in [2.05, 4.69) is 30.8 Å². The van der Waals surface area contributed by atoms with E-state index in [1.165, 1.54) is 18.3 Å². The van der Waals surface area contributed by atoms with E-state index >= 15 is 0 Å². The number of pyridine rings is 1. The first kappa shape index (κ1) is 19.5. The molecule has 3 aromatic heterocycles. The van der Waals surface area contributed by atoms with Gasteiger partial charge in [0.15, 0.2) is 17.5 Å². The maximum Gasteiger partial charge on any atom is 0.190 e. The van der Waals surface area contributed by atoms with Crippen molar-refractivity contribution < 1.29 is 13.5 Å². The van der Waals surface area contributed by atoms with Crippen molar-refractivity contribution in [2.75, 3.05) is 19.5 Å². The molecule has 0 bridgehead atoms. The van der Waals surface area contributed by atoms with Gasteiger partial charge in [-0.15, -0.1) is 10.2 Å². The molecule has 0 unspecified atom stereocenters. The summed E-state index contributed by atoms with van der Waals surface area (Å²) in [5.74, 6) is -1.88. The van der Waals surface area contributed by atoms with Gasteiger partial charge in [0.1, 0.15) is 17.2 Å². The Kier molecular flexibility index (Phi) is 5.14. The van der Waals surface area contributed by atoms with Crippen LogP contribution in [0.5, 0.6) is 0 Å². The van der Waals surface area contributed by atoms with Crippen molar-refractivity contribution in [2.24, 2.45) is 0 Å². The molecule has 0 aliphatic rings. The monoisotopic (exact) mass is 413 g/mol. The fraction of sp³-hybridized carbons (Fsp3) is 0.222. The third kappa shape index (κ3) is 3.48. The molecule has 0 radical (unpaired) electrons. The zero-order valence-electron chi connectivity index (χ0n) is 16.1. The number of rotatable bonds is 6. The first-order valence-electron chi connectivity index (χ1n) is 8.89. The normalized spacial score (nSPS) is 12.3. The molecule has 0 saturated heterocycles. The van der Waals surface area contributed by atoms with Crippen molar-refractivity contribution >= 4 is 5.82 Å². The van der Waals surface area contributed by atoms with E-state index < -0.39 is 11.6 Å². The average Bonchev–Trinajstić information content (AvgIpc) is 3.41. The van der Waals surface area contributed by atoms with Crippen LogP contribution in [0.25, 0.3) is 28.3 Å². The predicted octanol–water partition coefficient (Wildman–Crippen LogP) is 2.05. The summed E-state index contributed by atoms with van der Waals surface area (Å²) < 4.78 is 35.8. The minimum Gasteiger partial charge on any atom is -0.383 e. The van der Waals surface area contributed by atoms with Crippen LogP contribution in [0.2, 0.25) is 0 Å². The van der Waals surface area contributed by atoms with Crippen LogP contribution in [0.4, 0.5) is 14.6 Å². The van der Waals surface area contributed by atoms with E-state index in [0.717, 1.165) is 10.7 Å². The summed E-state index contributed by atoms with van der Waals surface area (Å²) in [4.78, 5) is 4.18. The smallest absolute Gasteiger partial charge is 0.190 e. The first-order chi connectivity index (χ1) is 14.5. The van der Waals surface area contributed by atoms with Crippen molar-refractivity contribution in [1.82, 2.24) is 40.2 Å². The topological polar surface area (TPSA) is 122 Å². The fourth-order valence-corrected chi connectivity index (χ4v) is 2.91. The van der Waals surface area contributed by atoms with Gasteiger partial charge >= 0.3 is 0 Å². The Balaban J connectivity index is 1.76. The van der Waals surface area contributed by atoms with Gasteiger partial charge in [0.25, 0.3) is 0 Å². The molecule has 154 valence electrons. The van der Waals surface area contributed by atoms with Gasteiger partial charge in [-0.25, -0.2) is 18.4 Å². The molecule has 0 aliphatic carbocycles. The molecule has 0 fully saturated rings. The van der Waals surface area contributed by atoms with E-state index in [4.69, 9.17) is 10.5 Å². The molecule has 10 nitrogen and oxygen atoms in total. The second-order valence-corrected chi connectivity index (χ2v) is 6.53. The number of ether oxygens (including phenoxy) is 1. The molecular weight excluding hydrogens is 396 g/mol. The van der Waals surface area contributed by atoms with Crippen molar-refractivity contribution in [1.29, 1.82) is 0 Å². The van der Waals surface area contributed by atoms with Gasteiger partial charge < -0.3 is 10.5 Å². The van der Waals surface area contributed by atoms with Crippen LogP contribution >= 0.6 is 0 Å². The number of methoxy groups -OCH3 is 1. The van der Waals surface area contributed by atoms with E-state index in [1.54, 1.807) is 24.1 Å². The summed E-state index contributed by atoms with van der Waals surface area (Å²) in [5, 5.41) is 19.5. The number of benzene rings is 1. The Labute approximate surface area is 169 Å². The molecule has 0 saturated carbocycles. The molecule has 1 aromatic carbocycles. The second-order valence-electron chi connectivity index (χ2n) is 6.53. The summed E-state index contributed by atoms with van der Waals surface area (Å²) in [6.07, 6.45) is 3.28. The molecule has 0 aliphatic heterocycles. The van der Waals surface area contributed by atoms with Gasteiger partial charge in [-0.05, 0) is 35.5 Å². The van der Waals surface area contributed by atoms with Crippen molar-refractivity contribution in [3.05, 3.63) is 48.3 Å². The number of tetrazole rings is 1. The summed E-state index contributed by atoms with van der Waals surface area (Å²) in [7, 11) is 1.61. The van der Waals surface area contributed by atoms with Crippen molar-refractivity contribution in [3.8, 4) is 28.3 Å². The lowest BCUT2D eigenvalue weighted by molar-refractivity contribution is 0.156. The van der Waals surface area contributed by atoms with E-state index in [9.17, 15) is 8.78 Å². The van der Waals surface area contributed by atoms with Crippen LogP contribution in [-0.2, 0) is 4.74 Å². The number of hydrogen-bond acceptors (Lipinski definition) is 8. The molecular formula is C18H17F2N9O. The minimum atomic E-state index is -1.08. The maximum atomic E-state index is 14.3. The lowest BCUT2D eigenvalue weighted by atomic mass is 10.1. The van der Waals surface area contributed by atoms with Gasteiger partial charge in [-0.1, -0.05) is 11.3 Å². The highest BCUT2D eigenvalue weighted by atomic mass is 19.2. The van der Waals surface area contributed by atoms with E-state index in [-0.39, 0.29) is 23.4 Å². The van der Waals surface area contributed by atoms with Crippen molar-refractivity contribution in [3.63, 3.8) is 0 Å². The second kappa shape index (κ2) is 7.91. The molecule has 0 amide bonds. The quantitative estimate of drug-likeness (QED) is 0.510. The summed E-state index contributed by atoms with van der Waals surface area (Å²) in [5.41, 5.74) is 7.35. The molecule has 4 aromatic rings. The number of nitrogen functional groups attached to an aromatic ring is 1. The SMILES string of the molecule is COC[C@H](C)n1cc(-c2cnc(N)c(-c3nnnn3-c3cccc(F)c3F)c2)nn1. The number of aromatic nitrogens is 8. The number of nitrogens with zero attached hydrogens (tertiary/aromatic N) is 8. The van der Waals surface area contributed by atoms with Gasteiger partial charge in [0.05, 0.1) is 24.4 Å². The molecule has 3 heterocycles. The average molecular weight is 413 g/mol. The predicted molar refractivity (Wildman–Crippen MR) is 102 cm³/mol. The number of hydrogen-bond donors (Lipinski definition) is 1. The van der Waals surface area contributed by atoms with Gasteiger partial charge in [-0.2, -0.15) is 4.68 Å². The van der Waals surface area contributed by atoms with Crippen LogP contribution in [-0.4, -0.2) is 53.9 Å². The zero-order chi connectivity index (χ0) is 21.3. The number of anilines is 1. The molecule has 30 heavy (non-hydrogen) atoms.